The number of benzene rings is 1. The Morgan fingerprint density at radius 3 is 2.54 bits per heavy atom. The molecule has 1 aromatic carbocycles. The number of ether oxygens (including phenoxy) is 1. The number of rotatable bonds is 5. The third kappa shape index (κ3) is 3.86. The fraction of sp³-hybridized carbons (Fsp3) is 0.500. The number of amides is 1. The molecule has 1 saturated heterocycles. The average molecular weight is 360 g/mol. The van der Waals surface area contributed by atoms with Gasteiger partial charge in [-0.2, -0.15) is 0 Å². The topological polar surface area (TPSA) is 96.4 Å². The van der Waals surface area contributed by atoms with Crippen molar-refractivity contribution >= 4 is 16.7 Å². The van der Waals surface area contributed by atoms with Crippen LogP contribution in [0.25, 0.3) is 10.8 Å². The molecule has 1 aliphatic rings. The van der Waals surface area contributed by atoms with Crippen LogP contribution in [0.3, 0.4) is 0 Å². The first kappa shape index (κ1) is 18.3. The fourth-order valence-corrected chi connectivity index (χ4v) is 3.15. The molecule has 0 bridgehead atoms. The van der Waals surface area contributed by atoms with E-state index in [1.165, 1.54) is 0 Å². The van der Waals surface area contributed by atoms with Gasteiger partial charge in [-0.3, -0.25) is 24.4 Å². The van der Waals surface area contributed by atoms with Crippen LogP contribution in [-0.2, 0) is 16.1 Å². The van der Waals surface area contributed by atoms with Gasteiger partial charge < -0.3 is 10.1 Å². The zero-order valence-electron chi connectivity index (χ0n) is 15.1. The number of carbonyl (C=O) groups is 1. The molecule has 0 aliphatic carbocycles. The summed E-state index contributed by atoms with van der Waals surface area (Å²) in [5.41, 5.74) is -0.995. The lowest BCUT2D eigenvalue weighted by atomic mass is 10.0. The molecule has 3 rings (SSSR count). The zero-order valence-corrected chi connectivity index (χ0v) is 15.1. The zero-order chi connectivity index (χ0) is 18.7. The largest absolute Gasteiger partial charge is 0.379 e. The summed E-state index contributed by atoms with van der Waals surface area (Å²) >= 11 is 0. The molecule has 8 heteroatoms. The van der Waals surface area contributed by atoms with E-state index >= 15 is 0 Å². The third-order valence-electron chi connectivity index (χ3n) is 4.77. The van der Waals surface area contributed by atoms with Gasteiger partial charge in [-0.05, 0) is 26.0 Å². The van der Waals surface area contributed by atoms with Gasteiger partial charge in [0.1, 0.15) is 6.54 Å². The normalized spacial score (nSPS) is 15.9. The first-order valence-electron chi connectivity index (χ1n) is 8.70. The molecule has 26 heavy (non-hydrogen) atoms. The second-order valence-corrected chi connectivity index (χ2v) is 7.07. The summed E-state index contributed by atoms with van der Waals surface area (Å²) < 4.78 is 6.42. The van der Waals surface area contributed by atoms with Crippen LogP contribution in [-0.4, -0.2) is 59.0 Å². The predicted octanol–water partition coefficient (Wildman–Crippen LogP) is -0.0832. The Bertz CT molecular complexity index is 909. The number of H-pyrrole nitrogens is 1. The molecule has 1 amide bonds. The SMILES string of the molecule is CC(C)(CNC(=O)Cn1[nH]c(=O)c2ccccc2c1=O)N1CCOCC1. The number of nitrogens with one attached hydrogen (secondary N) is 2. The molecule has 0 unspecified atom stereocenters. The molecule has 1 aromatic heterocycles. The van der Waals surface area contributed by atoms with Crippen LogP contribution in [0.2, 0.25) is 0 Å². The summed E-state index contributed by atoms with van der Waals surface area (Å²) in [6, 6.07) is 6.56. The third-order valence-corrected chi connectivity index (χ3v) is 4.77. The van der Waals surface area contributed by atoms with E-state index in [0.717, 1.165) is 17.8 Å². The quantitative estimate of drug-likeness (QED) is 0.777. The summed E-state index contributed by atoms with van der Waals surface area (Å²) in [5, 5.41) is 5.96. The number of hydrogen-bond acceptors (Lipinski definition) is 5. The van der Waals surface area contributed by atoms with Gasteiger partial charge in [-0.15, -0.1) is 0 Å². The van der Waals surface area contributed by atoms with Gasteiger partial charge in [0.25, 0.3) is 11.1 Å². The Hall–Kier alpha value is -2.45. The maximum Gasteiger partial charge on any atom is 0.273 e. The Kier molecular flexibility index (Phi) is 5.24. The van der Waals surface area contributed by atoms with Crippen molar-refractivity contribution in [2.75, 3.05) is 32.8 Å². The van der Waals surface area contributed by atoms with Crippen molar-refractivity contribution in [3.63, 3.8) is 0 Å². The molecule has 140 valence electrons. The lowest BCUT2D eigenvalue weighted by molar-refractivity contribution is -0.122. The smallest absolute Gasteiger partial charge is 0.273 e. The molecular weight excluding hydrogens is 336 g/mol. The van der Waals surface area contributed by atoms with Crippen molar-refractivity contribution in [2.45, 2.75) is 25.9 Å². The van der Waals surface area contributed by atoms with Crippen molar-refractivity contribution < 1.29 is 9.53 Å². The van der Waals surface area contributed by atoms with Crippen molar-refractivity contribution in [1.29, 1.82) is 0 Å². The van der Waals surface area contributed by atoms with E-state index in [4.69, 9.17) is 4.74 Å². The standard InChI is InChI=1S/C18H24N4O4/c1-18(2,21-7-9-26-10-8-21)12-19-15(23)11-22-17(25)14-6-4-3-5-13(14)16(24)20-22/h3-6H,7-12H2,1-2H3,(H,19,23)(H,20,24). The summed E-state index contributed by atoms with van der Waals surface area (Å²) in [4.78, 5) is 39.1. The molecule has 0 radical (unpaired) electrons. The van der Waals surface area contributed by atoms with Crippen LogP contribution in [0.4, 0.5) is 0 Å². The Balaban J connectivity index is 1.69. The van der Waals surface area contributed by atoms with Gasteiger partial charge in [-0.25, -0.2) is 4.68 Å². The second kappa shape index (κ2) is 7.43. The highest BCUT2D eigenvalue weighted by Crippen LogP contribution is 2.15. The summed E-state index contributed by atoms with van der Waals surface area (Å²) in [6.07, 6.45) is 0. The van der Waals surface area contributed by atoms with Crippen molar-refractivity contribution in [3.8, 4) is 0 Å². The van der Waals surface area contributed by atoms with Crippen LogP contribution in [0.1, 0.15) is 13.8 Å². The van der Waals surface area contributed by atoms with Crippen LogP contribution >= 0.6 is 0 Å². The van der Waals surface area contributed by atoms with Gasteiger partial charge >= 0.3 is 0 Å². The molecule has 0 spiro atoms. The summed E-state index contributed by atoms with van der Waals surface area (Å²) in [5.74, 6) is -0.320. The maximum absolute atomic E-state index is 12.5. The molecular formula is C18H24N4O4. The van der Waals surface area contributed by atoms with Gasteiger partial charge in [0.2, 0.25) is 5.91 Å². The van der Waals surface area contributed by atoms with Gasteiger partial charge in [0, 0.05) is 25.2 Å². The first-order valence-corrected chi connectivity index (χ1v) is 8.70. The Labute approximate surface area is 150 Å². The number of aromatic amines is 1. The molecule has 1 fully saturated rings. The second-order valence-electron chi connectivity index (χ2n) is 7.07. The van der Waals surface area contributed by atoms with Crippen LogP contribution in [0.5, 0.6) is 0 Å². The highest BCUT2D eigenvalue weighted by molar-refractivity contribution is 5.81. The van der Waals surface area contributed by atoms with Crippen molar-refractivity contribution in [1.82, 2.24) is 20.0 Å². The van der Waals surface area contributed by atoms with E-state index < -0.39 is 0 Å². The highest BCUT2D eigenvalue weighted by atomic mass is 16.5. The van der Waals surface area contributed by atoms with E-state index in [-0.39, 0.29) is 29.1 Å². The molecule has 1 aliphatic heterocycles. The molecule has 0 atom stereocenters. The highest BCUT2D eigenvalue weighted by Gasteiger charge is 2.28. The minimum absolute atomic E-state index is 0.221. The first-order chi connectivity index (χ1) is 12.4. The summed E-state index contributed by atoms with van der Waals surface area (Å²) in [7, 11) is 0. The van der Waals surface area contributed by atoms with E-state index in [9.17, 15) is 14.4 Å². The van der Waals surface area contributed by atoms with Gasteiger partial charge in [0.15, 0.2) is 0 Å². The van der Waals surface area contributed by atoms with Gasteiger partial charge in [0.05, 0.1) is 24.0 Å². The lowest BCUT2D eigenvalue weighted by Gasteiger charge is -2.40. The lowest BCUT2D eigenvalue weighted by Crippen LogP contribution is -2.55. The number of fused-ring (bicyclic) bond motifs is 1. The van der Waals surface area contributed by atoms with Crippen molar-refractivity contribution in [2.24, 2.45) is 0 Å². The van der Waals surface area contributed by atoms with E-state index in [1.807, 2.05) is 0 Å². The monoisotopic (exact) mass is 360 g/mol. The number of carbonyl (C=O) groups excluding carboxylic acids is 1. The number of nitrogens with zero attached hydrogens (tertiary/aromatic N) is 2. The number of morpholine rings is 1. The minimum Gasteiger partial charge on any atom is -0.379 e. The van der Waals surface area contributed by atoms with Crippen molar-refractivity contribution in [3.05, 3.63) is 45.0 Å². The predicted molar refractivity (Wildman–Crippen MR) is 98.3 cm³/mol. The number of aromatic nitrogens is 2. The Morgan fingerprint density at radius 1 is 1.19 bits per heavy atom. The van der Waals surface area contributed by atoms with E-state index in [2.05, 4.69) is 29.2 Å². The summed E-state index contributed by atoms with van der Waals surface area (Å²) in [6.45, 7) is 7.35. The minimum atomic E-state index is -0.387. The molecule has 2 N–H and O–H groups in total. The molecule has 8 nitrogen and oxygen atoms in total. The Morgan fingerprint density at radius 2 is 1.85 bits per heavy atom. The van der Waals surface area contributed by atoms with Gasteiger partial charge in [-0.1, -0.05) is 12.1 Å². The number of hydrogen-bond donors (Lipinski definition) is 2. The van der Waals surface area contributed by atoms with Crippen LogP contribution < -0.4 is 16.4 Å². The van der Waals surface area contributed by atoms with E-state index in [0.29, 0.717) is 30.5 Å². The fourth-order valence-electron chi connectivity index (χ4n) is 3.15. The molecule has 0 saturated carbocycles. The molecule has 2 aromatic rings. The average Bonchev–Trinajstić information content (AvgIpc) is 2.65. The maximum atomic E-state index is 12.5. The van der Waals surface area contributed by atoms with Crippen LogP contribution in [0.15, 0.2) is 33.9 Å². The van der Waals surface area contributed by atoms with Crippen LogP contribution in [0, 0.1) is 0 Å². The van der Waals surface area contributed by atoms with E-state index in [1.54, 1.807) is 24.3 Å². The molecule has 2 heterocycles.